The van der Waals surface area contributed by atoms with Gasteiger partial charge in [-0.15, -0.1) is 6.20 Å². The number of nitrogens with zero attached hydrogens (tertiary/aromatic N) is 2. The van der Waals surface area contributed by atoms with Gasteiger partial charge in [0.25, 0.3) is 0 Å². The molecule has 0 spiro atoms. The number of halogens is 1. The van der Waals surface area contributed by atoms with Gasteiger partial charge in [-0.1, -0.05) is 11.6 Å². The van der Waals surface area contributed by atoms with Crippen molar-refractivity contribution in [3.05, 3.63) is 23.5 Å². The maximum atomic E-state index is 5.35. The molecule has 1 rings (SSSR count). The third-order valence-electron chi connectivity index (χ3n) is 0.499. The van der Waals surface area contributed by atoms with E-state index in [1.54, 1.807) is 12.1 Å². The first kappa shape index (κ1) is 8.47. The molecule has 4 heteroatoms. The van der Waals surface area contributed by atoms with Gasteiger partial charge in [-0.2, -0.15) is 11.2 Å². The summed E-state index contributed by atoms with van der Waals surface area (Å²) in [6, 6.07) is 3.23. The van der Waals surface area contributed by atoms with Gasteiger partial charge in [0.05, 0.1) is 5.15 Å². The van der Waals surface area contributed by atoms with Crippen LogP contribution < -0.4 is 0 Å². The Morgan fingerprint density at radius 1 is 1.62 bits per heavy atom. The molecule has 0 saturated heterocycles. The second kappa shape index (κ2) is 4.36. The summed E-state index contributed by atoms with van der Waals surface area (Å²) < 4.78 is 0. The molecule has 8 heavy (non-hydrogen) atoms. The maximum Gasteiger partial charge on any atom is 0.0700 e. The normalized spacial score (nSPS) is 7.62. The van der Waals surface area contributed by atoms with Gasteiger partial charge in [0.2, 0.25) is 0 Å². The first-order chi connectivity index (χ1) is 3.39. The Morgan fingerprint density at radius 3 is 2.62 bits per heavy atom. The third-order valence-corrected chi connectivity index (χ3v) is 0.700. The van der Waals surface area contributed by atoms with E-state index >= 15 is 0 Å². The molecule has 0 aliphatic heterocycles. The van der Waals surface area contributed by atoms with Gasteiger partial charge >= 0.3 is 0 Å². The van der Waals surface area contributed by atoms with Crippen molar-refractivity contribution in [3.8, 4) is 0 Å². The monoisotopic (exact) mass is 202 g/mol. The van der Waals surface area contributed by atoms with Crippen molar-refractivity contribution < 1.29 is 32.7 Å². The minimum absolute atomic E-state index is 0. The summed E-state index contributed by atoms with van der Waals surface area (Å²) in [5.41, 5.74) is 0. The van der Waals surface area contributed by atoms with Crippen molar-refractivity contribution in [2.24, 2.45) is 0 Å². The SMILES string of the molecule is Clc1cc[c-]nn1.[Y]. The molecule has 0 aliphatic rings. The van der Waals surface area contributed by atoms with E-state index in [1.165, 1.54) is 0 Å². The smallest absolute Gasteiger partial charge is 0.0700 e. The van der Waals surface area contributed by atoms with Gasteiger partial charge in [0.1, 0.15) is 0 Å². The van der Waals surface area contributed by atoms with Crippen LogP contribution in [0.4, 0.5) is 0 Å². The number of aromatic nitrogens is 2. The molecular formula is C4H2ClN2Y-. The summed E-state index contributed by atoms with van der Waals surface area (Å²) in [6.07, 6.45) is 2.49. The van der Waals surface area contributed by atoms with Gasteiger partial charge < -0.3 is 0 Å². The Balaban J connectivity index is 0.000000490. The summed E-state index contributed by atoms with van der Waals surface area (Å²) in [6.45, 7) is 0. The molecular weight excluding hydrogens is 200 g/mol. The summed E-state index contributed by atoms with van der Waals surface area (Å²) in [7, 11) is 0. The van der Waals surface area contributed by atoms with Gasteiger partial charge in [-0.25, -0.2) is 6.07 Å². The average Bonchev–Trinajstić information content (AvgIpc) is 1.69. The van der Waals surface area contributed by atoms with Crippen molar-refractivity contribution in [1.29, 1.82) is 0 Å². The van der Waals surface area contributed by atoms with Crippen LogP contribution in [0.15, 0.2) is 12.1 Å². The molecule has 2 nitrogen and oxygen atoms in total. The summed E-state index contributed by atoms with van der Waals surface area (Å²) >= 11 is 5.35. The van der Waals surface area contributed by atoms with Gasteiger partial charge in [0, 0.05) is 32.7 Å². The molecule has 0 aliphatic carbocycles. The number of hydrogen-bond acceptors (Lipinski definition) is 2. The number of hydrogen-bond donors (Lipinski definition) is 0. The van der Waals surface area contributed by atoms with Crippen LogP contribution in [0.1, 0.15) is 0 Å². The molecule has 1 aromatic rings. The van der Waals surface area contributed by atoms with E-state index in [9.17, 15) is 0 Å². The van der Waals surface area contributed by atoms with Gasteiger partial charge in [-0.05, 0) is 0 Å². The molecule has 39 valence electrons. The quantitative estimate of drug-likeness (QED) is 0.585. The zero-order valence-electron chi connectivity index (χ0n) is 4.00. The first-order valence-electron chi connectivity index (χ1n) is 1.75. The van der Waals surface area contributed by atoms with Crippen molar-refractivity contribution in [2.75, 3.05) is 0 Å². The minimum atomic E-state index is 0. The second-order valence-corrected chi connectivity index (χ2v) is 1.37. The van der Waals surface area contributed by atoms with Crippen LogP contribution in [-0.4, -0.2) is 10.2 Å². The predicted molar refractivity (Wildman–Crippen MR) is 25.9 cm³/mol. The summed E-state index contributed by atoms with van der Waals surface area (Å²) in [5, 5.41) is 7.22. The minimum Gasteiger partial charge on any atom is -0.266 e. The van der Waals surface area contributed by atoms with E-state index < -0.39 is 0 Å². The van der Waals surface area contributed by atoms with Crippen LogP contribution >= 0.6 is 11.6 Å². The van der Waals surface area contributed by atoms with Crippen LogP contribution in [-0.2, 0) is 32.7 Å². The van der Waals surface area contributed by atoms with Crippen LogP contribution in [0.5, 0.6) is 0 Å². The Morgan fingerprint density at radius 2 is 2.38 bits per heavy atom. The van der Waals surface area contributed by atoms with E-state index in [0.717, 1.165) is 0 Å². The van der Waals surface area contributed by atoms with E-state index in [-0.39, 0.29) is 32.7 Å². The largest absolute Gasteiger partial charge is 0.266 e. The fourth-order valence-corrected chi connectivity index (χ4v) is 0.350. The summed E-state index contributed by atoms with van der Waals surface area (Å²) in [4.78, 5) is 0. The zero-order chi connectivity index (χ0) is 5.11. The Labute approximate surface area is 77.5 Å². The Bertz CT molecular complexity index is 144. The van der Waals surface area contributed by atoms with Crippen molar-refractivity contribution in [1.82, 2.24) is 10.2 Å². The third kappa shape index (κ3) is 2.70. The van der Waals surface area contributed by atoms with Crippen molar-refractivity contribution >= 4 is 11.6 Å². The molecule has 1 heterocycles. The molecule has 0 aromatic carbocycles. The molecule has 1 aromatic heterocycles. The molecule has 1 radical (unpaired) electrons. The zero-order valence-corrected chi connectivity index (χ0v) is 7.60. The molecule has 0 atom stereocenters. The number of rotatable bonds is 0. The van der Waals surface area contributed by atoms with Crippen LogP contribution in [0.3, 0.4) is 0 Å². The van der Waals surface area contributed by atoms with Crippen molar-refractivity contribution in [2.45, 2.75) is 0 Å². The fourth-order valence-electron chi connectivity index (χ4n) is 0.249. The predicted octanol–water partition coefficient (Wildman–Crippen LogP) is 0.928. The van der Waals surface area contributed by atoms with Crippen LogP contribution in [0.2, 0.25) is 5.15 Å². The van der Waals surface area contributed by atoms with E-state index in [1.807, 2.05) is 0 Å². The second-order valence-electron chi connectivity index (χ2n) is 0.985. The van der Waals surface area contributed by atoms with Crippen LogP contribution in [0, 0.1) is 6.20 Å². The van der Waals surface area contributed by atoms with E-state index in [4.69, 9.17) is 11.6 Å². The molecule has 0 saturated carbocycles. The Hall–Kier alpha value is 0.474. The van der Waals surface area contributed by atoms with E-state index in [0.29, 0.717) is 5.15 Å². The van der Waals surface area contributed by atoms with Gasteiger partial charge in [0.15, 0.2) is 0 Å². The molecule has 0 bridgehead atoms. The fraction of sp³-hybridized carbons (Fsp3) is 0. The van der Waals surface area contributed by atoms with Crippen molar-refractivity contribution in [3.63, 3.8) is 0 Å². The Kier molecular flexibility index (Phi) is 4.62. The molecule has 0 fully saturated rings. The topological polar surface area (TPSA) is 25.8 Å². The van der Waals surface area contributed by atoms with E-state index in [2.05, 4.69) is 16.4 Å². The standard InChI is InChI=1S/C4H2ClN2.Y/c5-4-2-1-3-6-7-4;/h1-2H;/q-1;. The average molecular weight is 202 g/mol. The molecule has 0 unspecified atom stereocenters. The summed E-state index contributed by atoms with van der Waals surface area (Å²) in [5.74, 6) is 0. The van der Waals surface area contributed by atoms with Crippen LogP contribution in [0.25, 0.3) is 0 Å². The first-order valence-corrected chi connectivity index (χ1v) is 2.12. The molecule has 0 amide bonds. The maximum absolute atomic E-state index is 5.35. The van der Waals surface area contributed by atoms with Gasteiger partial charge in [-0.3, -0.25) is 5.10 Å². The molecule has 0 N–H and O–H groups in total.